The average Bonchev–Trinajstić information content (AvgIpc) is 3.30. The molecule has 0 unspecified atom stereocenters. The van der Waals surface area contributed by atoms with E-state index in [4.69, 9.17) is 25.8 Å². The molecule has 1 aromatic heterocycles. The Labute approximate surface area is 218 Å². The zero-order valence-electron chi connectivity index (χ0n) is 20.0. The molecule has 0 atom stereocenters. The van der Waals surface area contributed by atoms with Crippen molar-refractivity contribution in [2.75, 3.05) is 25.3 Å². The van der Waals surface area contributed by atoms with Gasteiger partial charge in [0.25, 0.3) is 0 Å². The van der Waals surface area contributed by atoms with Crippen LogP contribution in [0.4, 0.5) is 5.69 Å². The van der Waals surface area contributed by atoms with E-state index in [-0.39, 0.29) is 18.3 Å². The van der Waals surface area contributed by atoms with Crippen molar-refractivity contribution in [3.63, 3.8) is 0 Å². The van der Waals surface area contributed by atoms with Crippen LogP contribution >= 0.6 is 23.4 Å². The summed E-state index contributed by atoms with van der Waals surface area (Å²) in [7, 11) is 3.18. The molecule has 0 aliphatic rings. The highest BCUT2D eigenvalue weighted by molar-refractivity contribution is 7.99. The second-order valence-corrected chi connectivity index (χ2v) is 9.09. The molecule has 0 spiro atoms. The number of nitrogens with zero attached hydrogens (tertiary/aromatic N) is 3. The van der Waals surface area contributed by atoms with E-state index in [1.807, 2.05) is 54.0 Å². The Balaban J connectivity index is 1.52. The molecular formula is C26H25ClN4O4S. The number of hydrogen-bond donors (Lipinski definition) is 1. The first-order chi connectivity index (χ1) is 17.5. The molecule has 0 bridgehead atoms. The van der Waals surface area contributed by atoms with Crippen LogP contribution in [0.5, 0.6) is 17.2 Å². The molecule has 0 radical (unpaired) electrons. The number of methoxy groups -OCH3 is 2. The third kappa shape index (κ3) is 6.30. The molecule has 4 rings (SSSR count). The lowest BCUT2D eigenvalue weighted by atomic mass is 10.2. The second kappa shape index (κ2) is 11.8. The monoisotopic (exact) mass is 524 g/mol. The number of carbonyl (C=O) groups is 1. The van der Waals surface area contributed by atoms with E-state index >= 15 is 0 Å². The highest BCUT2D eigenvalue weighted by Crippen LogP contribution is 2.27. The standard InChI is InChI=1S/C26H25ClN4O4S/c1-17-4-13-23(34-3)22(14-17)28-25(32)16-36-26-30-29-24(15-35-21-9-5-18(27)6-10-21)31(26)19-7-11-20(33-2)12-8-19/h4-14H,15-16H2,1-3H3,(H,28,32). The number of halogens is 1. The molecule has 8 nitrogen and oxygen atoms in total. The zero-order chi connectivity index (χ0) is 25.5. The largest absolute Gasteiger partial charge is 0.497 e. The number of benzene rings is 3. The Bertz CT molecular complexity index is 1330. The summed E-state index contributed by atoms with van der Waals surface area (Å²) in [5, 5.41) is 12.7. The van der Waals surface area contributed by atoms with Crippen LogP contribution < -0.4 is 19.5 Å². The number of aryl methyl sites for hydroxylation is 1. The summed E-state index contributed by atoms with van der Waals surface area (Å²) in [4.78, 5) is 12.7. The van der Waals surface area contributed by atoms with E-state index in [1.165, 1.54) is 11.8 Å². The lowest BCUT2D eigenvalue weighted by molar-refractivity contribution is -0.113. The van der Waals surface area contributed by atoms with Gasteiger partial charge in [-0.15, -0.1) is 10.2 Å². The first-order valence-corrected chi connectivity index (χ1v) is 12.4. The molecule has 0 fully saturated rings. The molecule has 1 amide bonds. The SMILES string of the molecule is COc1ccc(-n2c(COc3ccc(Cl)cc3)nnc2SCC(=O)Nc2cc(C)ccc2OC)cc1. The molecule has 36 heavy (non-hydrogen) atoms. The van der Waals surface area contributed by atoms with Crippen molar-refractivity contribution < 1.29 is 19.0 Å². The summed E-state index contributed by atoms with van der Waals surface area (Å²) in [6.45, 7) is 2.13. The van der Waals surface area contributed by atoms with Crippen LogP contribution in [-0.2, 0) is 11.4 Å². The molecule has 4 aromatic rings. The molecule has 3 aromatic carbocycles. The number of ether oxygens (including phenoxy) is 3. The third-order valence-corrected chi connectivity index (χ3v) is 6.35. The fourth-order valence-electron chi connectivity index (χ4n) is 3.39. The quantitative estimate of drug-likeness (QED) is 0.272. The Morgan fingerprint density at radius 3 is 2.39 bits per heavy atom. The van der Waals surface area contributed by atoms with Gasteiger partial charge in [-0.05, 0) is 73.2 Å². The predicted octanol–water partition coefficient (Wildman–Crippen LogP) is 5.56. The molecule has 0 aliphatic heterocycles. The number of carbonyl (C=O) groups excluding carboxylic acids is 1. The molecule has 1 heterocycles. The van der Waals surface area contributed by atoms with Gasteiger partial charge in [-0.3, -0.25) is 9.36 Å². The van der Waals surface area contributed by atoms with Gasteiger partial charge in [0.15, 0.2) is 11.0 Å². The minimum Gasteiger partial charge on any atom is -0.497 e. The summed E-state index contributed by atoms with van der Waals surface area (Å²) in [5.41, 5.74) is 2.46. The number of hydrogen-bond acceptors (Lipinski definition) is 7. The van der Waals surface area contributed by atoms with Crippen molar-refractivity contribution in [1.29, 1.82) is 0 Å². The molecule has 0 saturated carbocycles. The molecule has 0 aliphatic carbocycles. The van der Waals surface area contributed by atoms with E-state index in [2.05, 4.69) is 15.5 Å². The first-order valence-electron chi connectivity index (χ1n) is 11.0. The topological polar surface area (TPSA) is 87.5 Å². The maximum atomic E-state index is 12.7. The number of aromatic nitrogens is 3. The number of anilines is 1. The van der Waals surface area contributed by atoms with E-state index in [9.17, 15) is 4.79 Å². The number of rotatable bonds is 10. The van der Waals surface area contributed by atoms with Gasteiger partial charge in [0.2, 0.25) is 5.91 Å². The van der Waals surface area contributed by atoms with Crippen molar-refractivity contribution in [3.05, 3.63) is 83.1 Å². The Morgan fingerprint density at radius 2 is 1.69 bits per heavy atom. The van der Waals surface area contributed by atoms with Crippen LogP contribution in [0.25, 0.3) is 5.69 Å². The lowest BCUT2D eigenvalue weighted by Gasteiger charge is -2.13. The summed E-state index contributed by atoms with van der Waals surface area (Å²) >= 11 is 7.24. The maximum absolute atomic E-state index is 12.7. The van der Waals surface area contributed by atoms with Crippen LogP contribution in [0.1, 0.15) is 11.4 Å². The van der Waals surface area contributed by atoms with Gasteiger partial charge in [0.05, 0.1) is 25.7 Å². The smallest absolute Gasteiger partial charge is 0.234 e. The molecule has 186 valence electrons. The second-order valence-electron chi connectivity index (χ2n) is 7.72. The lowest BCUT2D eigenvalue weighted by Crippen LogP contribution is -2.15. The summed E-state index contributed by atoms with van der Waals surface area (Å²) in [5.74, 6) is 2.51. The van der Waals surface area contributed by atoms with Crippen LogP contribution in [0.15, 0.2) is 71.9 Å². The Hall–Kier alpha value is -3.69. The Kier molecular flexibility index (Phi) is 8.35. The van der Waals surface area contributed by atoms with Crippen LogP contribution in [0.2, 0.25) is 5.02 Å². The average molecular weight is 525 g/mol. The van der Waals surface area contributed by atoms with Gasteiger partial charge in [-0.1, -0.05) is 29.4 Å². The highest BCUT2D eigenvalue weighted by Gasteiger charge is 2.17. The number of nitrogens with one attached hydrogen (secondary N) is 1. The number of thioether (sulfide) groups is 1. The molecule has 1 N–H and O–H groups in total. The van der Waals surface area contributed by atoms with E-state index in [0.717, 1.165) is 17.0 Å². The van der Waals surface area contributed by atoms with Gasteiger partial charge in [-0.2, -0.15) is 0 Å². The fourth-order valence-corrected chi connectivity index (χ4v) is 4.29. The third-order valence-electron chi connectivity index (χ3n) is 5.17. The highest BCUT2D eigenvalue weighted by atomic mass is 35.5. The summed E-state index contributed by atoms with van der Waals surface area (Å²) in [6.07, 6.45) is 0. The summed E-state index contributed by atoms with van der Waals surface area (Å²) in [6, 6.07) is 20.2. The molecule has 0 saturated heterocycles. The normalized spacial score (nSPS) is 10.7. The minimum absolute atomic E-state index is 0.128. The van der Waals surface area contributed by atoms with Crippen molar-refractivity contribution in [3.8, 4) is 22.9 Å². The van der Waals surface area contributed by atoms with Crippen LogP contribution in [0, 0.1) is 6.92 Å². The van der Waals surface area contributed by atoms with Crippen molar-refractivity contribution in [2.45, 2.75) is 18.7 Å². The molecular weight excluding hydrogens is 500 g/mol. The number of amides is 1. The van der Waals surface area contributed by atoms with Gasteiger partial charge in [0, 0.05) is 10.7 Å². The summed E-state index contributed by atoms with van der Waals surface area (Å²) < 4.78 is 18.4. The van der Waals surface area contributed by atoms with Gasteiger partial charge >= 0.3 is 0 Å². The van der Waals surface area contributed by atoms with Crippen molar-refractivity contribution in [1.82, 2.24) is 14.8 Å². The van der Waals surface area contributed by atoms with E-state index in [1.54, 1.807) is 38.5 Å². The van der Waals surface area contributed by atoms with Gasteiger partial charge < -0.3 is 19.5 Å². The van der Waals surface area contributed by atoms with Gasteiger partial charge in [-0.25, -0.2) is 0 Å². The Morgan fingerprint density at radius 1 is 0.972 bits per heavy atom. The van der Waals surface area contributed by atoms with Crippen molar-refractivity contribution >= 4 is 35.0 Å². The zero-order valence-corrected chi connectivity index (χ0v) is 21.6. The fraction of sp³-hybridized carbons (Fsp3) is 0.192. The van der Waals surface area contributed by atoms with Gasteiger partial charge in [0.1, 0.15) is 23.9 Å². The van der Waals surface area contributed by atoms with Crippen LogP contribution in [0.3, 0.4) is 0 Å². The maximum Gasteiger partial charge on any atom is 0.234 e. The van der Waals surface area contributed by atoms with Crippen LogP contribution in [-0.4, -0.2) is 40.6 Å². The minimum atomic E-state index is -0.188. The van der Waals surface area contributed by atoms with E-state index in [0.29, 0.717) is 33.2 Å². The van der Waals surface area contributed by atoms with E-state index < -0.39 is 0 Å². The molecule has 10 heteroatoms. The predicted molar refractivity (Wildman–Crippen MR) is 141 cm³/mol. The van der Waals surface area contributed by atoms with Crippen molar-refractivity contribution in [2.24, 2.45) is 0 Å². The first kappa shape index (κ1) is 25.4.